The molecule has 0 radical (unpaired) electrons. The van der Waals surface area contributed by atoms with Gasteiger partial charge in [-0.3, -0.25) is 0 Å². The molecule has 2 aromatic heterocycles. The monoisotopic (exact) mass is 419 g/mol. The predicted molar refractivity (Wildman–Crippen MR) is 127 cm³/mol. The lowest BCUT2D eigenvalue weighted by molar-refractivity contribution is 0.652. The van der Waals surface area contributed by atoms with Crippen molar-refractivity contribution in [2.45, 2.75) is 26.4 Å². The molecule has 0 saturated heterocycles. The Kier molecular flexibility index (Phi) is 5.62. The van der Waals surface area contributed by atoms with Crippen LogP contribution in [0.3, 0.4) is 0 Å². The zero-order valence-corrected chi connectivity index (χ0v) is 18.1. The van der Waals surface area contributed by atoms with Crippen molar-refractivity contribution in [3.05, 3.63) is 114 Å². The number of rotatable bonds is 7. The van der Waals surface area contributed by atoms with Gasteiger partial charge in [-0.1, -0.05) is 97.9 Å². The number of hydrogen-bond donors (Lipinski definition) is 0. The fourth-order valence-corrected chi connectivity index (χ4v) is 4.23. The standard InChI is InChI=1S/C27H25N5/c1-2-25-26(27-28-29-30-32(27)19-22-14-8-4-9-15-22)24(23-16-10-5-11-17-23)20-31(25)18-21-12-6-3-7-13-21/h3-17,20H,2,18-19H2,1H3. The molecule has 0 aliphatic heterocycles. The lowest BCUT2D eigenvalue weighted by atomic mass is 10.0. The minimum Gasteiger partial charge on any atom is -0.346 e. The summed E-state index contributed by atoms with van der Waals surface area (Å²) in [6.45, 7) is 3.63. The van der Waals surface area contributed by atoms with Crippen LogP contribution in [-0.2, 0) is 19.5 Å². The highest BCUT2D eigenvalue weighted by Gasteiger charge is 2.22. The van der Waals surface area contributed by atoms with Crippen molar-refractivity contribution >= 4 is 0 Å². The molecule has 5 heteroatoms. The normalized spacial score (nSPS) is 11.0. The molecule has 0 saturated carbocycles. The number of tetrazole rings is 1. The molecular formula is C27H25N5. The number of hydrogen-bond acceptors (Lipinski definition) is 3. The highest BCUT2D eigenvalue weighted by Crippen LogP contribution is 2.36. The third-order valence-corrected chi connectivity index (χ3v) is 5.74. The van der Waals surface area contributed by atoms with Crippen molar-refractivity contribution in [3.8, 4) is 22.5 Å². The third-order valence-electron chi connectivity index (χ3n) is 5.74. The molecule has 5 aromatic rings. The van der Waals surface area contributed by atoms with E-state index in [-0.39, 0.29) is 0 Å². The Morgan fingerprint density at radius 1 is 0.719 bits per heavy atom. The SMILES string of the molecule is CCc1c(-c2nnnn2Cc2ccccc2)c(-c2ccccc2)cn1Cc1ccccc1. The molecule has 32 heavy (non-hydrogen) atoms. The molecule has 5 rings (SSSR count). The zero-order valence-electron chi connectivity index (χ0n) is 18.1. The van der Waals surface area contributed by atoms with E-state index in [1.165, 1.54) is 22.4 Å². The predicted octanol–water partition coefficient (Wildman–Crippen LogP) is 5.47. The van der Waals surface area contributed by atoms with Crippen LogP contribution in [0.25, 0.3) is 22.5 Å². The Bertz CT molecular complexity index is 1290. The Labute approximate surface area is 188 Å². The van der Waals surface area contributed by atoms with Gasteiger partial charge >= 0.3 is 0 Å². The first-order valence-corrected chi connectivity index (χ1v) is 10.9. The van der Waals surface area contributed by atoms with Crippen molar-refractivity contribution < 1.29 is 0 Å². The Balaban J connectivity index is 1.65. The van der Waals surface area contributed by atoms with Gasteiger partial charge in [0.25, 0.3) is 0 Å². The highest BCUT2D eigenvalue weighted by atomic mass is 15.5. The smallest absolute Gasteiger partial charge is 0.184 e. The maximum absolute atomic E-state index is 4.49. The van der Waals surface area contributed by atoms with E-state index < -0.39 is 0 Å². The van der Waals surface area contributed by atoms with Gasteiger partial charge in [0.15, 0.2) is 5.82 Å². The van der Waals surface area contributed by atoms with Gasteiger partial charge in [0.1, 0.15) is 0 Å². The van der Waals surface area contributed by atoms with Crippen LogP contribution in [-0.4, -0.2) is 24.8 Å². The van der Waals surface area contributed by atoms with Crippen LogP contribution in [0.4, 0.5) is 0 Å². The van der Waals surface area contributed by atoms with E-state index >= 15 is 0 Å². The quantitative estimate of drug-likeness (QED) is 0.352. The fraction of sp³-hybridized carbons (Fsp3) is 0.148. The first-order chi connectivity index (χ1) is 15.8. The van der Waals surface area contributed by atoms with Gasteiger partial charge in [-0.25, -0.2) is 4.68 Å². The van der Waals surface area contributed by atoms with Crippen molar-refractivity contribution in [1.29, 1.82) is 0 Å². The summed E-state index contributed by atoms with van der Waals surface area (Å²) in [5, 5.41) is 12.9. The topological polar surface area (TPSA) is 48.5 Å². The molecule has 0 amide bonds. The van der Waals surface area contributed by atoms with Crippen molar-refractivity contribution in [2.24, 2.45) is 0 Å². The lowest BCUT2D eigenvalue weighted by Gasteiger charge is -2.11. The first-order valence-electron chi connectivity index (χ1n) is 10.9. The van der Waals surface area contributed by atoms with Gasteiger partial charge < -0.3 is 4.57 Å². The largest absolute Gasteiger partial charge is 0.346 e. The second-order valence-corrected chi connectivity index (χ2v) is 7.84. The molecular weight excluding hydrogens is 394 g/mol. The molecule has 0 aliphatic rings. The molecule has 0 spiro atoms. The van der Waals surface area contributed by atoms with Gasteiger partial charge in [0, 0.05) is 29.6 Å². The molecule has 0 atom stereocenters. The minimum atomic E-state index is 0.629. The molecule has 0 N–H and O–H groups in total. The Morgan fingerprint density at radius 3 is 1.94 bits per heavy atom. The maximum atomic E-state index is 4.49. The minimum absolute atomic E-state index is 0.629. The molecule has 158 valence electrons. The van der Waals surface area contributed by atoms with E-state index in [1.807, 2.05) is 28.9 Å². The average Bonchev–Trinajstić information content (AvgIpc) is 3.44. The van der Waals surface area contributed by atoms with Crippen LogP contribution in [0.15, 0.2) is 97.2 Å². The van der Waals surface area contributed by atoms with Crippen LogP contribution < -0.4 is 0 Å². The summed E-state index contributed by atoms with van der Waals surface area (Å²) in [6, 6.07) is 31.4. The second kappa shape index (κ2) is 9.02. The van der Waals surface area contributed by atoms with E-state index in [0.717, 1.165) is 29.9 Å². The molecule has 2 heterocycles. The van der Waals surface area contributed by atoms with Crippen LogP contribution in [0, 0.1) is 0 Å². The molecule has 0 unspecified atom stereocenters. The average molecular weight is 420 g/mol. The van der Waals surface area contributed by atoms with Gasteiger partial charge in [-0.15, -0.1) is 5.10 Å². The van der Waals surface area contributed by atoms with Crippen LogP contribution in [0.2, 0.25) is 0 Å². The van der Waals surface area contributed by atoms with E-state index in [2.05, 4.69) is 99.9 Å². The summed E-state index contributed by atoms with van der Waals surface area (Å²) in [4.78, 5) is 0. The zero-order chi connectivity index (χ0) is 21.8. The highest BCUT2D eigenvalue weighted by molar-refractivity contribution is 5.83. The van der Waals surface area contributed by atoms with Crippen LogP contribution in [0.5, 0.6) is 0 Å². The summed E-state index contributed by atoms with van der Waals surface area (Å²) in [5.74, 6) is 0.802. The summed E-state index contributed by atoms with van der Waals surface area (Å²) < 4.78 is 4.25. The van der Waals surface area contributed by atoms with Gasteiger partial charge in [-0.05, 0) is 33.5 Å². The first kappa shape index (κ1) is 19.9. The van der Waals surface area contributed by atoms with E-state index in [4.69, 9.17) is 0 Å². The Hall–Kier alpha value is -3.99. The van der Waals surface area contributed by atoms with Crippen LogP contribution >= 0.6 is 0 Å². The fourth-order valence-electron chi connectivity index (χ4n) is 4.23. The van der Waals surface area contributed by atoms with Crippen molar-refractivity contribution in [2.75, 3.05) is 0 Å². The number of aromatic nitrogens is 5. The number of nitrogens with zero attached hydrogens (tertiary/aromatic N) is 5. The van der Waals surface area contributed by atoms with E-state index in [0.29, 0.717) is 6.54 Å². The van der Waals surface area contributed by atoms with Crippen LogP contribution in [0.1, 0.15) is 23.7 Å². The summed E-state index contributed by atoms with van der Waals surface area (Å²) in [7, 11) is 0. The van der Waals surface area contributed by atoms with Crippen molar-refractivity contribution in [1.82, 2.24) is 24.8 Å². The molecule has 3 aromatic carbocycles. The summed E-state index contributed by atoms with van der Waals surface area (Å²) >= 11 is 0. The van der Waals surface area contributed by atoms with E-state index in [1.54, 1.807) is 0 Å². The summed E-state index contributed by atoms with van der Waals surface area (Å²) in [6.07, 6.45) is 3.13. The molecule has 0 bridgehead atoms. The van der Waals surface area contributed by atoms with Crippen molar-refractivity contribution in [3.63, 3.8) is 0 Å². The Morgan fingerprint density at radius 2 is 1.31 bits per heavy atom. The molecule has 5 nitrogen and oxygen atoms in total. The van der Waals surface area contributed by atoms with Gasteiger partial charge in [0.2, 0.25) is 0 Å². The third kappa shape index (κ3) is 3.97. The van der Waals surface area contributed by atoms with Gasteiger partial charge in [0.05, 0.1) is 6.54 Å². The number of benzene rings is 3. The molecule has 0 fully saturated rings. The summed E-state index contributed by atoms with van der Waals surface area (Å²) in [5.41, 5.74) is 7.10. The van der Waals surface area contributed by atoms with Gasteiger partial charge in [-0.2, -0.15) is 0 Å². The second-order valence-electron chi connectivity index (χ2n) is 7.84. The molecule has 0 aliphatic carbocycles. The van der Waals surface area contributed by atoms with E-state index in [9.17, 15) is 0 Å². The maximum Gasteiger partial charge on any atom is 0.184 e. The lowest BCUT2D eigenvalue weighted by Crippen LogP contribution is -2.07.